The van der Waals surface area contributed by atoms with E-state index in [1.165, 1.54) is 6.07 Å². The van der Waals surface area contributed by atoms with Crippen LogP contribution in [0.5, 0.6) is 0 Å². The number of anilines is 2. The molecular weight excluding hydrogens is 238 g/mol. The smallest absolute Gasteiger partial charge is 0.292 e. The van der Waals surface area contributed by atoms with Crippen LogP contribution >= 0.6 is 0 Å². The third kappa shape index (κ3) is 2.52. The van der Waals surface area contributed by atoms with Gasteiger partial charge in [-0.3, -0.25) is 10.1 Å². The highest BCUT2D eigenvalue weighted by molar-refractivity contribution is 5.66. The number of nitrogens with two attached hydrogens (primary N) is 1. The largest absolute Gasteiger partial charge is 0.394 e. The minimum absolute atomic E-state index is 0.0427. The van der Waals surface area contributed by atoms with E-state index in [1.807, 2.05) is 4.90 Å². The fourth-order valence-corrected chi connectivity index (χ4v) is 1.97. The molecule has 98 valence electrons. The summed E-state index contributed by atoms with van der Waals surface area (Å²) in [6, 6.07) is 4.64. The van der Waals surface area contributed by atoms with Gasteiger partial charge in [-0.15, -0.1) is 0 Å². The van der Waals surface area contributed by atoms with Crippen molar-refractivity contribution in [3.05, 3.63) is 28.3 Å². The summed E-state index contributed by atoms with van der Waals surface area (Å²) in [7, 11) is 0. The van der Waals surface area contributed by atoms with E-state index in [0.717, 1.165) is 5.69 Å². The van der Waals surface area contributed by atoms with Crippen molar-refractivity contribution in [3.8, 4) is 0 Å². The highest BCUT2D eigenvalue weighted by atomic mass is 16.6. The molecule has 1 aromatic rings. The molecule has 7 nitrogen and oxygen atoms in total. The number of nitrogens with zero attached hydrogens (tertiary/aromatic N) is 2. The van der Waals surface area contributed by atoms with Gasteiger partial charge in [-0.25, -0.2) is 0 Å². The Balaban J connectivity index is 2.18. The first-order valence-corrected chi connectivity index (χ1v) is 5.63. The molecule has 1 unspecified atom stereocenters. The second kappa shape index (κ2) is 5.19. The normalized spacial score (nSPS) is 19.8. The highest BCUT2D eigenvalue weighted by Gasteiger charge is 2.21. The van der Waals surface area contributed by atoms with Crippen molar-refractivity contribution in [2.24, 2.45) is 0 Å². The molecule has 1 aliphatic rings. The van der Waals surface area contributed by atoms with Gasteiger partial charge in [-0.1, -0.05) is 0 Å². The van der Waals surface area contributed by atoms with Crippen LogP contribution in [-0.2, 0) is 4.74 Å². The Morgan fingerprint density at radius 2 is 2.39 bits per heavy atom. The molecular formula is C11H15N3O4. The molecule has 1 fully saturated rings. The lowest BCUT2D eigenvalue weighted by Gasteiger charge is -2.33. The van der Waals surface area contributed by atoms with Crippen LogP contribution in [0.15, 0.2) is 18.2 Å². The van der Waals surface area contributed by atoms with Gasteiger partial charge in [0, 0.05) is 24.8 Å². The van der Waals surface area contributed by atoms with Crippen LogP contribution in [0.2, 0.25) is 0 Å². The lowest BCUT2D eigenvalue weighted by atomic mass is 10.2. The van der Waals surface area contributed by atoms with Crippen LogP contribution in [0, 0.1) is 10.1 Å². The number of aliphatic hydroxyl groups is 1. The summed E-state index contributed by atoms with van der Waals surface area (Å²) < 4.78 is 5.34. The van der Waals surface area contributed by atoms with Gasteiger partial charge in [0.15, 0.2) is 0 Å². The molecule has 0 amide bonds. The standard InChI is InChI=1S/C11H15N3O4/c12-10-5-8(1-2-11(10)14(16)17)13-3-4-18-9(6-13)7-15/h1-2,5,9,15H,3-4,6-7,12H2. The molecule has 18 heavy (non-hydrogen) atoms. The first-order valence-electron chi connectivity index (χ1n) is 5.63. The summed E-state index contributed by atoms with van der Waals surface area (Å²) in [5.74, 6) is 0. The number of benzene rings is 1. The van der Waals surface area contributed by atoms with Gasteiger partial charge >= 0.3 is 0 Å². The zero-order valence-corrected chi connectivity index (χ0v) is 9.78. The van der Waals surface area contributed by atoms with Gasteiger partial charge in [-0.2, -0.15) is 0 Å². The molecule has 0 spiro atoms. The highest BCUT2D eigenvalue weighted by Crippen LogP contribution is 2.27. The summed E-state index contributed by atoms with van der Waals surface area (Å²) >= 11 is 0. The van der Waals surface area contributed by atoms with E-state index in [9.17, 15) is 10.1 Å². The van der Waals surface area contributed by atoms with Gasteiger partial charge in [0.05, 0.1) is 24.2 Å². The van der Waals surface area contributed by atoms with Gasteiger partial charge in [0.1, 0.15) is 5.69 Å². The number of hydrogen-bond donors (Lipinski definition) is 2. The molecule has 1 aliphatic heterocycles. The molecule has 0 radical (unpaired) electrons. The molecule has 2 rings (SSSR count). The number of nitro groups is 1. The quantitative estimate of drug-likeness (QED) is 0.458. The fourth-order valence-electron chi connectivity index (χ4n) is 1.97. The van der Waals surface area contributed by atoms with E-state index in [4.69, 9.17) is 15.6 Å². The number of morpholine rings is 1. The third-order valence-electron chi connectivity index (χ3n) is 2.92. The van der Waals surface area contributed by atoms with Crippen LogP contribution in [-0.4, -0.2) is 42.4 Å². The number of ether oxygens (including phenoxy) is 1. The topological polar surface area (TPSA) is 102 Å². The Kier molecular flexibility index (Phi) is 3.63. The molecule has 0 saturated carbocycles. The number of rotatable bonds is 3. The molecule has 1 heterocycles. The lowest BCUT2D eigenvalue weighted by molar-refractivity contribution is -0.383. The van der Waals surface area contributed by atoms with E-state index in [0.29, 0.717) is 19.7 Å². The summed E-state index contributed by atoms with van der Waals surface area (Å²) in [5, 5.41) is 19.7. The van der Waals surface area contributed by atoms with Gasteiger partial charge in [-0.05, 0) is 12.1 Å². The number of nitro benzene ring substituents is 1. The van der Waals surface area contributed by atoms with Crippen molar-refractivity contribution in [1.29, 1.82) is 0 Å². The third-order valence-corrected chi connectivity index (χ3v) is 2.92. The minimum atomic E-state index is -0.505. The van der Waals surface area contributed by atoms with E-state index >= 15 is 0 Å². The molecule has 3 N–H and O–H groups in total. The van der Waals surface area contributed by atoms with Crippen molar-refractivity contribution in [1.82, 2.24) is 0 Å². The van der Waals surface area contributed by atoms with E-state index in [-0.39, 0.29) is 24.1 Å². The maximum atomic E-state index is 10.7. The van der Waals surface area contributed by atoms with Crippen LogP contribution in [0.3, 0.4) is 0 Å². The molecule has 0 aliphatic carbocycles. The molecule has 1 saturated heterocycles. The maximum absolute atomic E-state index is 10.7. The van der Waals surface area contributed by atoms with E-state index < -0.39 is 4.92 Å². The summed E-state index contributed by atoms with van der Waals surface area (Å²) in [6.45, 7) is 1.70. The van der Waals surface area contributed by atoms with Crippen molar-refractivity contribution in [3.63, 3.8) is 0 Å². The Morgan fingerprint density at radius 3 is 3.00 bits per heavy atom. The Morgan fingerprint density at radius 1 is 1.61 bits per heavy atom. The molecule has 0 aromatic heterocycles. The summed E-state index contributed by atoms with van der Waals surface area (Å²) in [6.07, 6.45) is -0.227. The molecule has 1 aromatic carbocycles. The van der Waals surface area contributed by atoms with Gasteiger partial charge in [0.2, 0.25) is 0 Å². The van der Waals surface area contributed by atoms with Crippen LogP contribution in [0.25, 0.3) is 0 Å². The second-order valence-electron chi connectivity index (χ2n) is 4.12. The number of hydrogen-bond acceptors (Lipinski definition) is 6. The van der Waals surface area contributed by atoms with Gasteiger partial charge in [0.25, 0.3) is 5.69 Å². The zero-order chi connectivity index (χ0) is 13.1. The average molecular weight is 253 g/mol. The van der Waals surface area contributed by atoms with Crippen molar-refractivity contribution in [2.75, 3.05) is 36.9 Å². The first-order chi connectivity index (χ1) is 8.61. The molecule has 1 atom stereocenters. The average Bonchev–Trinajstić information content (AvgIpc) is 2.38. The van der Waals surface area contributed by atoms with Crippen LogP contribution in [0.4, 0.5) is 17.1 Å². The predicted octanol–water partition coefficient (Wildman–Crippen LogP) is 0.374. The molecule has 7 heteroatoms. The van der Waals surface area contributed by atoms with Crippen molar-refractivity contribution < 1.29 is 14.8 Å². The number of aliphatic hydroxyl groups excluding tert-OH is 1. The van der Waals surface area contributed by atoms with E-state index in [2.05, 4.69) is 0 Å². The van der Waals surface area contributed by atoms with Crippen LogP contribution < -0.4 is 10.6 Å². The van der Waals surface area contributed by atoms with Crippen molar-refractivity contribution in [2.45, 2.75) is 6.10 Å². The predicted molar refractivity (Wildman–Crippen MR) is 66.5 cm³/mol. The van der Waals surface area contributed by atoms with Crippen LogP contribution in [0.1, 0.15) is 0 Å². The zero-order valence-electron chi connectivity index (χ0n) is 9.78. The minimum Gasteiger partial charge on any atom is -0.394 e. The maximum Gasteiger partial charge on any atom is 0.292 e. The Hall–Kier alpha value is -1.86. The Labute approximate surface area is 104 Å². The van der Waals surface area contributed by atoms with Crippen molar-refractivity contribution >= 4 is 17.1 Å². The van der Waals surface area contributed by atoms with E-state index in [1.54, 1.807) is 12.1 Å². The summed E-state index contributed by atoms with van der Waals surface area (Å²) in [4.78, 5) is 12.2. The SMILES string of the molecule is Nc1cc(N2CCOC(CO)C2)ccc1[N+](=O)[O-]. The first kappa shape index (κ1) is 12.6. The monoisotopic (exact) mass is 253 g/mol. The van der Waals surface area contributed by atoms with Gasteiger partial charge < -0.3 is 20.5 Å². The summed E-state index contributed by atoms with van der Waals surface area (Å²) in [5.41, 5.74) is 6.50. The second-order valence-corrected chi connectivity index (χ2v) is 4.12. The lowest BCUT2D eigenvalue weighted by Crippen LogP contribution is -2.44. The molecule has 0 bridgehead atoms. The Bertz CT molecular complexity index is 452. The fraction of sp³-hybridized carbons (Fsp3) is 0.455. The number of nitrogen functional groups attached to an aromatic ring is 1.